The molecule has 0 saturated carbocycles. The van der Waals surface area contributed by atoms with E-state index in [-0.39, 0.29) is 5.78 Å². The van der Waals surface area contributed by atoms with Crippen molar-refractivity contribution >= 4 is 29.1 Å². The number of benzene rings is 2. The van der Waals surface area contributed by atoms with Crippen molar-refractivity contribution < 1.29 is 9.59 Å². The number of rotatable bonds is 3. The molecule has 3 rings (SSSR count). The van der Waals surface area contributed by atoms with Crippen LogP contribution in [0.1, 0.15) is 15.9 Å². The Labute approximate surface area is 137 Å². The topological polar surface area (TPSA) is 64.0 Å². The van der Waals surface area contributed by atoms with Gasteiger partial charge in [-0.05, 0) is 18.2 Å². The second-order valence-corrected chi connectivity index (χ2v) is 5.22. The third-order valence-corrected chi connectivity index (χ3v) is 3.48. The van der Waals surface area contributed by atoms with E-state index >= 15 is 0 Å². The molecule has 3 aromatic rings. The summed E-state index contributed by atoms with van der Waals surface area (Å²) < 4.78 is 1.28. The molecule has 0 aliphatic heterocycles. The number of ketones is 1. The number of carbonyl (C=O) groups excluding carboxylic acids is 2. The van der Waals surface area contributed by atoms with Gasteiger partial charge in [0.1, 0.15) is 6.33 Å². The lowest BCUT2D eigenvalue weighted by molar-refractivity contribution is 0.103. The summed E-state index contributed by atoms with van der Waals surface area (Å²) in [4.78, 5) is 28.6. The maximum Gasteiger partial charge on any atom is 0.331 e. The van der Waals surface area contributed by atoms with E-state index in [2.05, 4.69) is 10.3 Å². The highest BCUT2D eigenvalue weighted by Crippen LogP contribution is 2.24. The average molecular weight is 326 g/mol. The minimum atomic E-state index is -0.410. The van der Waals surface area contributed by atoms with Crippen LogP contribution in [0.2, 0.25) is 5.02 Å². The van der Waals surface area contributed by atoms with Crippen molar-refractivity contribution in [2.24, 2.45) is 0 Å². The molecule has 0 fully saturated rings. The zero-order chi connectivity index (χ0) is 16.2. The predicted molar refractivity (Wildman–Crippen MR) is 88.0 cm³/mol. The van der Waals surface area contributed by atoms with Crippen LogP contribution in [-0.4, -0.2) is 21.4 Å². The minimum Gasteiger partial charge on any atom is -0.306 e. The van der Waals surface area contributed by atoms with Crippen LogP contribution in [0.25, 0.3) is 0 Å². The third-order valence-electron chi connectivity index (χ3n) is 3.24. The van der Waals surface area contributed by atoms with Crippen molar-refractivity contribution in [3.05, 3.63) is 83.4 Å². The van der Waals surface area contributed by atoms with Gasteiger partial charge in [0.15, 0.2) is 5.78 Å². The molecule has 1 amide bonds. The summed E-state index contributed by atoms with van der Waals surface area (Å²) in [5, 5.41) is 3.12. The predicted octanol–water partition coefficient (Wildman–Crippen LogP) is 3.85. The molecule has 0 unspecified atom stereocenters. The van der Waals surface area contributed by atoms with Gasteiger partial charge in [0.25, 0.3) is 0 Å². The molecule has 114 valence electrons. The molecule has 0 radical (unpaired) electrons. The lowest BCUT2D eigenvalue weighted by Gasteiger charge is -2.11. The number of anilines is 1. The number of carbonyl (C=O) groups is 2. The molecule has 5 nitrogen and oxygen atoms in total. The summed E-state index contributed by atoms with van der Waals surface area (Å²) in [5.41, 5.74) is 1.24. The van der Waals surface area contributed by atoms with E-state index in [1.54, 1.807) is 42.5 Å². The fraction of sp³-hybridized carbons (Fsp3) is 0. The fourth-order valence-corrected chi connectivity index (χ4v) is 2.29. The van der Waals surface area contributed by atoms with Crippen LogP contribution in [0, 0.1) is 0 Å². The Hall–Kier alpha value is -2.92. The number of hydrogen-bond acceptors (Lipinski definition) is 3. The molecule has 1 N–H and O–H groups in total. The molecule has 0 bridgehead atoms. The summed E-state index contributed by atoms with van der Waals surface area (Å²) in [6, 6.07) is 13.2. The first kappa shape index (κ1) is 15.0. The first-order valence-electron chi connectivity index (χ1n) is 6.84. The van der Waals surface area contributed by atoms with Gasteiger partial charge in [-0.2, -0.15) is 0 Å². The van der Waals surface area contributed by atoms with Gasteiger partial charge in [0.2, 0.25) is 0 Å². The van der Waals surface area contributed by atoms with Gasteiger partial charge in [-0.25, -0.2) is 9.78 Å². The number of nitrogens with one attached hydrogen (secondary N) is 1. The van der Waals surface area contributed by atoms with Gasteiger partial charge < -0.3 is 5.32 Å². The molecular formula is C17H12ClN3O2. The van der Waals surface area contributed by atoms with Crippen molar-refractivity contribution in [3.63, 3.8) is 0 Å². The smallest absolute Gasteiger partial charge is 0.306 e. The minimum absolute atomic E-state index is 0.214. The molecule has 2 aromatic carbocycles. The molecule has 0 aliphatic carbocycles. The normalized spacial score (nSPS) is 10.3. The van der Waals surface area contributed by atoms with Gasteiger partial charge in [0, 0.05) is 28.5 Å². The van der Waals surface area contributed by atoms with E-state index in [0.29, 0.717) is 21.8 Å². The van der Waals surface area contributed by atoms with Crippen LogP contribution in [-0.2, 0) is 0 Å². The first-order chi connectivity index (χ1) is 11.1. The quantitative estimate of drug-likeness (QED) is 0.744. The molecule has 0 spiro atoms. The molecule has 1 aromatic heterocycles. The van der Waals surface area contributed by atoms with E-state index in [9.17, 15) is 9.59 Å². The number of amides is 1. The van der Waals surface area contributed by atoms with Crippen LogP contribution >= 0.6 is 11.6 Å². The number of halogens is 1. The van der Waals surface area contributed by atoms with Crippen LogP contribution in [0.3, 0.4) is 0 Å². The summed E-state index contributed by atoms with van der Waals surface area (Å²) >= 11 is 6.00. The molecule has 0 atom stereocenters. The summed E-state index contributed by atoms with van der Waals surface area (Å²) in [5.74, 6) is -0.214. The van der Waals surface area contributed by atoms with E-state index in [1.165, 1.54) is 23.3 Å². The molecule has 6 heteroatoms. The second-order valence-electron chi connectivity index (χ2n) is 4.79. The highest BCUT2D eigenvalue weighted by atomic mass is 35.5. The Balaban J connectivity index is 1.95. The van der Waals surface area contributed by atoms with Gasteiger partial charge in [0.05, 0.1) is 5.69 Å². The van der Waals surface area contributed by atoms with Gasteiger partial charge in [-0.1, -0.05) is 41.9 Å². The lowest BCUT2D eigenvalue weighted by atomic mass is 10.0. The molecule has 0 aliphatic rings. The van der Waals surface area contributed by atoms with Crippen molar-refractivity contribution in [2.45, 2.75) is 0 Å². The van der Waals surface area contributed by atoms with E-state index in [0.717, 1.165) is 0 Å². The summed E-state index contributed by atoms with van der Waals surface area (Å²) in [6.07, 6.45) is 4.39. The first-order valence-corrected chi connectivity index (χ1v) is 7.21. The van der Waals surface area contributed by atoms with Crippen molar-refractivity contribution in [2.75, 3.05) is 5.32 Å². The Morgan fingerprint density at radius 3 is 2.57 bits per heavy atom. The van der Waals surface area contributed by atoms with Gasteiger partial charge in [-0.15, -0.1) is 0 Å². The van der Waals surface area contributed by atoms with E-state index < -0.39 is 6.03 Å². The number of nitrogens with zero attached hydrogens (tertiary/aromatic N) is 2. The zero-order valence-electron chi connectivity index (χ0n) is 11.9. The van der Waals surface area contributed by atoms with E-state index in [4.69, 9.17) is 11.6 Å². The third kappa shape index (κ3) is 3.30. The van der Waals surface area contributed by atoms with Crippen LogP contribution in [0.5, 0.6) is 0 Å². The van der Waals surface area contributed by atoms with Crippen LogP contribution < -0.4 is 5.32 Å². The Morgan fingerprint density at radius 2 is 1.87 bits per heavy atom. The highest BCUT2D eigenvalue weighted by molar-refractivity contribution is 6.31. The fourth-order valence-electron chi connectivity index (χ4n) is 2.12. The van der Waals surface area contributed by atoms with Crippen LogP contribution in [0.4, 0.5) is 10.5 Å². The SMILES string of the molecule is O=C(c1ccccc1)c1cc(Cl)ccc1NC(=O)n1ccnc1. The number of imidazole rings is 1. The maximum absolute atomic E-state index is 12.7. The maximum atomic E-state index is 12.7. The second kappa shape index (κ2) is 6.46. The van der Waals surface area contributed by atoms with Crippen molar-refractivity contribution in [1.82, 2.24) is 9.55 Å². The Kier molecular flexibility index (Phi) is 4.21. The number of aromatic nitrogens is 2. The zero-order valence-corrected chi connectivity index (χ0v) is 12.7. The van der Waals surface area contributed by atoms with Crippen molar-refractivity contribution in [3.8, 4) is 0 Å². The summed E-state index contributed by atoms with van der Waals surface area (Å²) in [6.45, 7) is 0. The van der Waals surface area contributed by atoms with Crippen molar-refractivity contribution in [1.29, 1.82) is 0 Å². The Bertz CT molecular complexity index is 846. The van der Waals surface area contributed by atoms with Crippen LogP contribution in [0.15, 0.2) is 67.3 Å². The Morgan fingerprint density at radius 1 is 1.09 bits per heavy atom. The standard InChI is InChI=1S/C17H12ClN3O2/c18-13-6-7-15(20-17(23)21-9-8-19-11-21)14(10-13)16(22)12-4-2-1-3-5-12/h1-11H,(H,20,23). The van der Waals surface area contributed by atoms with Gasteiger partial charge in [-0.3, -0.25) is 9.36 Å². The number of hydrogen-bond donors (Lipinski definition) is 1. The highest BCUT2D eigenvalue weighted by Gasteiger charge is 2.16. The largest absolute Gasteiger partial charge is 0.331 e. The average Bonchev–Trinajstić information content (AvgIpc) is 3.11. The van der Waals surface area contributed by atoms with E-state index in [1.807, 2.05) is 6.07 Å². The molecule has 0 saturated heterocycles. The monoisotopic (exact) mass is 325 g/mol. The molecular weight excluding hydrogens is 314 g/mol. The lowest BCUT2D eigenvalue weighted by Crippen LogP contribution is -2.19. The molecule has 23 heavy (non-hydrogen) atoms. The summed E-state index contributed by atoms with van der Waals surface area (Å²) in [7, 11) is 0. The van der Waals surface area contributed by atoms with Gasteiger partial charge >= 0.3 is 6.03 Å². The molecule has 1 heterocycles.